The highest BCUT2D eigenvalue weighted by Crippen LogP contribution is 2.40. The molecule has 3 heterocycles. The van der Waals surface area contributed by atoms with Crippen molar-refractivity contribution in [3.63, 3.8) is 0 Å². The maximum atomic E-state index is 13.6. The van der Waals surface area contributed by atoms with Gasteiger partial charge in [-0.25, -0.2) is 26.5 Å². The lowest BCUT2D eigenvalue weighted by atomic mass is 9.71. The van der Waals surface area contributed by atoms with Gasteiger partial charge < -0.3 is 10.4 Å². The number of alkyl halides is 2. The van der Waals surface area contributed by atoms with Crippen molar-refractivity contribution in [2.45, 2.75) is 62.5 Å². The highest BCUT2D eigenvalue weighted by atomic mass is 32.2. The molecule has 33 heavy (non-hydrogen) atoms. The first-order valence-corrected chi connectivity index (χ1v) is 12.8. The third-order valence-corrected chi connectivity index (χ3v) is 8.24. The molecule has 2 fully saturated rings. The summed E-state index contributed by atoms with van der Waals surface area (Å²) in [5.41, 5.74) is -3.02. The molecule has 0 aromatic carbocycles. The van der Waals surface area contributed by atoms with Crippen LogP contribution in [0.3, 0.4) is 0 Å². The Morgan fingerprint density at radius 1 is 1.30 bits per heavy atom. The van der Waals surface area contributed by atoms with Gasteiger partial charge in [0.05, 0.1) is 23.5 Å². The molecule has 2 aromatic rings. The minimum absolute atomic E-state index is 0.186. The summed E-state index contributed by atoms with van der Waals surface area (Å²) in [4.78, 5) is 21.8. The van der Waals surface area contributed by atoms with Gasteiger partial charge in [0.2, 0.25) is 16.0 Å². The molecule has 1 saturated carbocycles. The highest BCUT2D eigenvalue weighted by Gasteiger charge is 2.40. The van der Waals surface area contributed by atoms with Crippen molar-refractivity contribution in [3.05, 3.63) is 28.2 Å². The number of sulfonamides is 1. The number of halogens is 2. The zero-order valence-corrected chi connectivity index (χ0v) is 19.7. The van der Waals surface area contributed by atoms with E-state index in [9.17, 15) is 27.1 Å². The molecule has 0 bridgehead atoms. The standard InChI is InChI=1S/C20H28BF2N5O4S/c1-19(30)5-3-4-14(19)28-16-12(10-13(15(22)23)17(28)29)11-24-18(25-16)26-20(21)6-8-27(9-7-20)33(2,31)32/h10-11,14-15,30H,3-9,21H2,1-2H3,(H,24,25,26)/t14-,19-/m1/s1. The number of piperidine rings is 1. The molecule has 2 aliphatic rings. The van der Waals surface area contributed by atoms with Gasteiger partial charge in [0, 0.05) is 30.1 Å². The van der Waals surface area contributed by atoms with Gasteiger partial charge in [0.15, 0.2) is 0 Å². The van der Waals surface area contributed by atoms with E-state index >= 15 is 0 Å². The summed E-state index contributed by atoms with van der Waals surface area (Å²) in [5.74, 6) is 0.216. The van der Waals surface area contributed by atoms with Crippen LogP contribution in [0, 0.1) is 0 Å². The molecule has 4 rings (SSSR count). The van der Waals surface area contributed by atoms with E-state index in [2.05, 4.69) is 15.3 Å². The first-order valence-electron chi connectivity index (χ1n) is 11.0. The van der Waals surface area contributed by atoms with Gasteiger partial charge >= 0.3 is 0 Å². The monoisotopic (exact) mass is 483 g/mol. The molecule has 2 atom stereocenters. The average Bonchev–Trinajstić information content (AvgIpc) is 3.05. The Bertz CT molecular complexity index is 1230. The number of nitrogens with zero attached hydrogens (tertiary/aromatic N) is 4. The van der Waals surface area contributed by atoms with Crippen LogP contribution < -0.4 is 10.9 Å². The zero-order chi connectivity index (χ0) is 24.2. The van der Waals surface area contributed by atoms with Crippen molar-refractivity contribution in [1.82, 2.24) is 18.8 Å². The number of pyridine rings is 1. The molecule has 0 amide bonds. The second kappa shape index (κ2) is 8.28. The van der Waals surface area contributed by atoms with Crippen molar-refractivity contribution < 1.29 is 22.3 Å². The van der Waals surface area contributed by atoms with Gasteiger partial charge in [-0.1, -0.05) is 0 Å². The van der Waals surface area contributed by atoms with Crippen LogP contribution in [0.2, 0.25) is 0 Å². The Balaban J connectivity index is 1.73. The summed E-state index contributed by atoms with van der Waals surface area (Å²) in [6.07, 6.45) is 2.25. The molecule has 13 heteroatoms. The van der Waals surface area contributed by atoms with Crippen molar-refractivity contribution >= 4 is 34.9 Å². The van der Waals surface area contributed by atoms with Crippen LogP contribution in [0.1, 0.15) is 57.1 Å². The molecule has 1 aliphatic heterocycles. The topological polar surface area (TPSA) is 117 Å². The summed E-state index contributed by atoms with van der Waals surface area (Å²) >= 11 is 0. The Morgan fingerprint density at radius 3 is 2.52 bits per heavy atom. The van der Waals surface area contributed by atoms with Crippen molar-refractivity contribution in [3.8, 4) is 0 Å². The van der Waals surface area contributed by atoms with Gasteiger partial charge in [0.1, 0.15) is 13.5 Å². The zero-order valence-electron chi connectivity index (χ0n) is 18.9. The number of rotatable bonds is 5. The Hall–Kier alpha value is -2.12. The number of nitrogens with one attached hydrogen (secondary N) is 1. The molecule has 0 unspecified atom stereocenters. The van der Waals surface area contributed by atoms with Crippen LogP contribution in [0.15, 0.2) is 17.1 Å². The van der Waals surface area contributed by atoms with Crippen LogP contribution in [-0.2, 0) is 10.0 Å². The summed E-state index contributed by atoms with van der Waals surface area (Å²) in [6.45, 7) is 2.31. The van der Waals surface area contributed by atoms with E-state index < -0.39 is 44.7 Å². The van der Waals surface area contributed by atoms with E-state index in [1.807, 2.05) is 7.85 Å². The van der Waals surface area contributed by atoms with Crippen LogP contribution >= 0.6 is 0 Å². The summed E-state index contributed by atoms with van der Waals surface area (Å²) in [5, 5.41) is 14.4. The Morgan fingerprint density at radius 2 is 1.97 bits per heavy atom. The number of hydrogen-bond donors (Lipinski definition) is 2. The summed E-state index contributed by atoms with van der Waals surface area (Å²) in [6, 6.07) is 0.432. The Kier molecular flexibility index (Phi) is 6.03. The molecule has 2 N–H and O–H groups in total. The van der Waals surface area contributed by atoms with Crippen molar-refractivity contribution in [2.24, 2.45) is 0 Å². The minimum Gasteiger partial charge on any atom is -0.388 e. The molecule has 9 nitrogen and oxygen atoms in total. The van der Waals surface area contributed by atoms with Gasteiger partial charge in [0.25, 0.3) is 12.0 Å². The number of hydrogen-bond acceptors (Lipinski definition) is 7. The van der Waals surface area contributed by atoms with Crippen LogP contribution in [-0.4, -0.2) is 70.6 Å². The second-order valence-corrected chi connectivity index (χ2v) is 11.6. The lowest BCUT2D eigenvalue weighted by Gasteiger charge is -2.39. The van der Waals surface area contributed by atoms with Crippen LogP contribution in [0.5, 0.6) is 0 Å². The Labute approximate surface area is 191 Å². The maximum Gasteiger partial charge on any atom is 0.269 e. The van der Waals surface area contributed by atoms with Gasteiger partial charge in [-0.2, -0.15) is 4.98 Å². The normalized spacial score (nSPS) is 26.2. The number of aliphatic hydroxyl groups is 1. The predicted molar refractivity (Wildman–Crippen MR) is 123 cm³/mol. The summed E-state index contributed by atoms with van der Waals surface area (Å²) < 4.78 is 53.4. The van der Waals surface area contributed by atoms with Crippen molar-refractivity contribution in [1.29, 1.82) is 0 Å². The fourth-order valence-electron chi connectivity index (χ4n) is 4.89. The molecule has 0 spiro atoms. The third-order valence-electron chi connectivity index (χ3n) is 6.93. The predicted octanol–water partition coefficient (Wildman–Crippen LogP) is 1.00. The average molecular weight is 483 g/mol. The minimum atomic E-state index is -3.27. The van der Waals surface area contributed by atoms with E-state index in [0.29, 0.717) is 45.2 Å². The number of anilines is 1. The fraction of sp³-hybridized carbons (Fsp3) is 0.650. The lowest BCUT2D eigenvalue weighted by molar-refractivity contribution is 0.0261. The van der Waals surface area contributed by atoms with E-state index in [1.165, 1.54) is 21.3 Å². The number of fused-ring (bicyclic) bond motifs is 1. The second-order valence-electron chi connectivity index (χ2n) is 9.66. The molecule has 180 valence electrons. The first kappa shape index (κ1) is 24.0. The maximum absolute atomic E-state index is 13.6. The molecule has 1 saturated heterocycles. The lowest BCUT2D eigenvalue weighted by Crippen LogP contribution is -2.51. The van der Waals surface area contributed by atoms with E-state index in [1.54, 1.807) is 6.92 Å². The van der Waals surface area contributed by atoms with Crippen LogP contribution in [0.4, 0.5) is 14.7 Å². The SMILES string of the molecule is BC1(Nc2ncc3cc(C(F)F)c(=O)n([C@@H]4CCC[C@@]4(C)O)c3n2)CCN(S(C)(=O)=O)CC1. The smallest absolute Gasteiger partial charge is 0.269 e. The van der Waals surface area contributed by atoms with E-state index in [0.717, 1.165) is 6.07 Å². The largest absolute Gasteiger partial charge is 0.388 e. The van der Waals surface area contributed by atoms with Gasteiger partial charge in [-0.3, -0.25) is 9.36 Å². The van der Waals surface area contributed by atoms with Gasteiger partial charge in [-0.15, -0.1) is 0 Å². The molecule has 2 aromatic heterocycles. The fourth-order valence-corrected chi connectivity index (χ4v) is 5.74. The molecular weight excluding hydrogens is 455 g/mol. The molecular formula is C20H28BF2N5O4S. The quantitative estimate of drug-likeness (QED) is 0.610. The van der Waals surface area contributed by atoms with Crippen LogP contribution in [0.25, 0.3) is 11.0 Å². The molecule has 0 radical (unpaired) electrons. The first-order chi connectivity index (χ1) is 15.3. The molecule has 1 aliphatic carbocycles. The van der Waals surface area contributed by atoms with Gasteiger partial charge in [-0.05, 0) is 45.1 Å². The third kappa shape index (κ3) is 4.62. The summed E-state index contributed by atoms with van der Waals surface area (Å²) in [7, 11) is -1.33. The number of aromatic nitrogens is 3. The van der Waals surface area contributed by atoms with Crippen molar-refractivity contribution in [2.75, 3.05) is 24.7 Å². The van der Waals surface area contributed by atoms with E-state index in [4.69, 9.17) is 0 Å². The highest BCUT2D eigenvalue weighted by molar-refractivity contribution is 7.88. The van der Waals surface area contributed by atoms with E-state index in [-0.39, 0.29) is 17.0 Å².